The first-order valence-corrected chi connectivity index (χ1v) is 7.18. The highest BCUT2D eigenvalue weighted by Gasteiger charge is 2.32. The monoisotopic (exact) mass is 299 g/mol. The van der Waals surface area contributed by atoms with Gasteiger partial charge in [-0.25, -0.2) is 4.39 Å². The van der Waals surface area contributed by atoms with Gasteiger partial charge in [0.15, 0.2) is 0 Å². The molecule has 0 spiro atoms. The van der Waals surface area contributed by atoms with Gasteiger partial charge in [-0.1, -0.05) is 31.5 Å². The van der Waals surface area contributed by atoms with Crippen molar-refractivity contribution in [2.24, 2.45) is 0 Å². The van der Waals surface area contributed by atoms with Crippen LogP contribution < -0.4 is 0 Å². The molecule has 0 aliphatic rings. The maximum Gasteiger partial charge on any atom is 0.123 e. The summed E-state index contributed by atoms with van der Waals surface area (Å²) >= 11 is 0. The van der Waals surface area contributed by atoms with E-state index < -0.39 is 5.60 Å². The summed E-state index contributed by atoms with van der Waals surface area (Å²) in [6, 6.07) is 12.6. The Morgan fingerprint density at radius 3 is 2.41 bits per heavy atom. The average Bonchev–Trinajstić information content (AvgIpc) is 2.54. The largest absolute Gasteiger partial charge is 0.392 e. The lowest BCUT2D eigenvalue weighted by atomic mass is 9.80. The Bertz CT molecular complexity index is 691. The van der Waals surface area contributed by atoms with Crippen molar-refractivity contribution in [1.82, 2.24) is 0 Å². The van der Waals surface area contributed by atoms with E-state index in [1.807, 2.05) is 13.0 Å². The molecule has 1 atom stereocenters. The van der Waals surface area contributed by atoms with Crippen molar-refractivity contribution in [1.29, 1.82) is 5.26 Å². The number of aliphatic hydroxyl groups excluding tert-OH is 1. The summed E-state index contributed by atoms with van der Waals surface area (Å²) in [5.74, 6) is -0.371. The predicted molar refractivity (Wildman–Crippen MR) is 81.4 cm³/mol. The van der Waals surface area contributed by atoms with Gasteiger partial charge in [-0.2, -0.15) is 5.26 Å². The van der Waals surface area contributed by atoms with E-state index in [1.165, 1.54) is 12.1 Å². The highest BCUT2D eigenvalue weighted by atomic mass is 19.1. The van der Waals surface area contributed by atoms with Crippen LogP contribution in [0, 0.1) is 17.1 Å². The molecule has 1 unspecified atom stereocenters. The van der Waals surface area contributed by atoms with Crippen LogP contribution in [0.5, 0.6) is 0 Å². The summed E-state index contributed by atoms with van der Waals surface area (Å²) in [6.07, 6.45) is 1.14. The van der Waals surface area contributed by atoms with Gasteiger partial charge < -0.3 is 10.2 Å². The molecule has 0 radical (unpaired) electrons. The summed E-state index contributed by atoms with van der Waals surface area (Å²) in [4.78, 5) is 0. The molecule has 2 N–H and O–H groups in total. The Kier molecular flexibility index (Phi) is 4.92. The van der Waals surface area contributed by atoms with Gasteiger partial charge in [0.05, 0.1) is 18.2 Å². The molecule has 0 saturated heterocycles. The van der Waals surface area contributed by atoms with Crippen LogP contribution in [0.3, 0.4) is 0 Å². The molecule has 0 heterocycles. The molecule has 2 rings (SSSR count). The number of nitrogens with zero attached hydrogens (tertiary/aromatic N) is 1. The normalized spacial score (nSPS) is 13.4. The number of nitriles is 1. The molecule has 0 bridgehead atoms. The number of hydrogen-bond acceptors (Lipinski definition) is 3. The number of halogens is 1. The maximum atomic E-state index is 13.1. The molecule has 0 aliphatic heterocycles. The third kappa shape index (κ3) is 3.01. The minimum absolute atomic E-state index is 0.280. The minimum atomic E-state index is -1.32. The third-order valence-electron chi connectivity index (χ3n) is 3.78. The third-order valence-corrected chi connectivity index (χ3v) is 3.78. The van der Waals surface area contributed by atoms with Crippen LogP contribution in [0.15, 0.2) is 42.5 Å². The fourth-order valence-corrected chi connectivity index (χ4v) is 2.72. The van der Waals surface area contributed by atoms with Crippen LogP contribution >= 0.6 is 0 Å². The number of benzene rings is 2. The first-order valence-electron chi connectivity index (χ1n) is 7.18. The van der Waals surface area contributed by atoms with E-state index in [9.17, 15) is 14.6 Å². The van der Waals surface area contributed by atoms with E-state index in [-0.39, 0.29) is 12.4 Å². The van der Waals surface area contributed by atoms with Crippen LogP contribution in [-0.2, 0) is 12.2 Å². The van der Waals surface area contributed by atoms with Crippen molar-refractivity contribution in [2.45, 2.75) is 32.0 Å². The molecule has 0 fully saturated rings. The molecular weight excluding hydrogens is 281 g/mol. The number of aliphatic hydroxyl groups is 2. The minimum Gasteiger partial charge on any atom is -0.392 e. The number of rotatable bonds is 5. The SMILES string of the molecule is CCCC(O)(c1ccc(F)cc1)c1ccc(C#N)cc1CO. The van der Waals surface area contributed by atoms with Gasteiger partial charge in [0.2, 0.25) is 0 Å². The van der Waals surface area contributed by atoms with Crippen LogP contribution in [0.25, 0.3) is 0 Å². The van der Waals surface area contributed by atoms with E-state index in [0.717, 1.165) is 0 Å². The molecule has 0 saturated carbocycles. The molecule has 114 valence electrons. The van der Waals surface area contributed by atoms with Crippen molar-refractivity contribution in [3.8, 4) is 6.07 Å². The molecule has 3 nitrogen and oxygen atoms in total. The standard InChI is InChI=1S/C18H18FNO2/c1-2-9-18(22,15-4-6-16(19)7-5-15)17-8-3-13(11-20)10-14(17)12-21/h3-8,10,21-22H,2,9,12H2,1H3. The van der Waals surface area contributed by atoms with E-state index in [1.54, 1.807) is 30.3 Å². The maximum absolute atomic E-state index is 13.1. The Morgan fingerprint density at radius 1 is 1.18 bits per heavy atom. The lowest BCUT2D eigenvalue weighted by molar-refractivity contribution is 0.0677. The molecular formula is C18H18FNO2. The van der Waals surface area contributed by atoms with Crippen molar-refractivity contribution >= 4 is 0 Å². The molecule has 0 amide bonds. The van der Waals surface area contributed by atoms with Gasteiger partial charge in [-0.3, -0.25) is 0 Å². The van der Waals surface area contributed by atoms with Crippen LogP contribution in [0.4, 0.5) is 4.39 Å². The fourth-order valence-electron chi connectivity index (χ4n) is 2.72. The summed E-state index contributed by atoms with van der Waals surface area (Å²) in [5.41, 5.74) is 0.705. The topological polar surface area (TPSA) is 64.2 Å². The Labute approximate surface area is 129 Å². The van der Waals surface area contributed by atoms with Crippen LogP contribution in [0.1, 0.15) is 42.0 Å². The van der Waals surface area contributed by atoms with Crippen LogP contribution in [-0.4, -0.2) is 10.2 Å². The van der Waals surface area contributed by atoms with Crippen molar-refractivity contribution < 1.29 is 14.6 Å². The molecule has 4 heteroatoms. The van der Waals surface area contributed by atoms with Gasteiger partial charge in [-0.15, -0.1) is 0 Å². The second-order valence-electron chi connectivity index (χ2n) is 5.26. The number of hydrogen-bond donors (Lipinski definition) is 2. The van der Waals surface area contributed by atoms with E-state index in [4.69, 9.17) is 5.26 Å². The zero-order valence-electron chi connectivity index (χ0n) is 12.4. The lowest BCUT2D eigenvalue weighted by Gasteiger charge is -2.31. The Morgan fingerprint density at radius 2 is 1.86 bits per heavy atom. The summed E-state index contributed by atoms with van der Waals surface area (Å²) < 4.78 is 13.1. The summed E-state index contributed by atoms with van der Waals surface area (Å²) in [5, 5.41) is 29.8. The van der Waals surface area contributed by atoms with Gasteiger partial charge in [0.1, 0.15) is 11.4 Å². The predicted octanol–water partition coefficient (Wildman–Crippen LogP) is 3.23. The molecule has 2 aromatic carbocycles. The van der Waals surface area contributed by atoms with Crippen LogP contribution in [0.2, 0.25) is 0 Å². The quantitative estimate of drug-likeness (QED) is 0.891. The highest BCUT2D eigenvalue weighted by Crippen LogP contribution is 2.36. The van der Waals surface area contributed by atoms with Gasteiger partial charge >= 0.3 is 0 Å². The molecule has 22 heavy (non-hydrogen) atoms. The molecule has 0 aliphatic carbocycles. The highest BCUT2D eigenvalue weighted by molar-refractivity contribution is 5.45. The van der Waals surface area contributed by atoms with Gasteiger partial charge in [0, 0.05) is 0 Å². The summed E-state index contributed by atoms with van der Waals surface area (Å²) in [7, 11) is 0. The summed E-state index contributed by atoms with van der Waals surface area (Å²) in [6.45, 7) is 1.66. The van der Waals surface area contributed by atoms with Crippen molar-refractivity contribution in [3.63, 3.8) is 0 Å². The molecule has 0 aromatic heterocycles. The average molecular weight is 299 g/mol. The van der Waals surface area contributed by atoms with Crippen molar-refractivity contribution in [3.05, 3.63) is 70.5 Å². The second-order valence-corrected chi connectivity index (χ2v) is 5.26. The van der Waals surface area contributed by atoms with E-state index in [0.29, 0.717) is 35.1 Å². The van der Waals surface area contributed by atoms with Gasteiger partial charge in [-0.05, 0) is 47.4 Å². The first kappa shape index (κ1) is 16.2. The lowest BCUT2D eigenvalue weighted by Crippen LogP contribution is -2.28. The van der Waals surface area contributed by atoms with E-state index in [2.05, 4.69) is 0 Å². The Balaban J connectivity index is 2.61. The molecule has 2 aromatic rings. The smallest absolute Gasteiger partial charge is 0.123 e. The van der Waals surface area contributed by atoms with Crippen molar-refractivity contribution in [2.75, 3.05) is 0 Å². The van der Waals surface area contributed by atoms with Gasteiger partial charge in [0.25, 0.3) is 0 Å². The fraction of sp³-hybridized carbons (Fsp3) is 0.278. The first-order chi connectivity index (χ1) is 10.5. The second kappa shape index (κ2) is 6.69. The Hall–Kier alpha value is -2.22. The van der Waals surface area contributed by atoms with E-state index >= 15 is 0 Å². The zero-order chi connectivity index (χ0) is 16.2. The zero-order valence-corrected chi connectivity index (χ0v) is 12.4.